The van der Waals surface area contributed by atoms with E-state index in [1.165, 1.54) is 0 Å². The second kappa shape index (κ2) is 8.85. The van der Waals surface area contributed by atoms with E-state index in [0.29, 0.717) is 26.3 Å². The van der Waals surface area contributed by atoms with Crippen LogP contribution in [-0.4, -0.2) is 54.4 Å². The van der Waals surface area contributed by atoms with Gasteiger partial charge in [-0.05, 0) is 55.3 Å². The molecule has 140 valence electrons. The second-order valence-corrected chi connectivity index (χ2v) is 7.91. The molecule has 6 nitrogen and oxygen atoms in total. The highest BCUT2D eigenvalue weighted by Gasteiger charge is 2.24. The lowest BCUT2D eigenvalue weighted by Crippen LogP contribution is -2.39. The van der Waals surface area contributed by atoms with Crippen LogP contribution in [0.25, 0.3) is 0 Å². The van der Waals surface area contributed by atoms with Crippen LogP contribution in [0.5, 0.6) is 0 Å². The molecule has 0 atom stereocenters. The Bertz CT molecular complexity index is 583. The highest BCUT2D eigenvalue weighted by Crippen LogP contribution is 2.24. The molecule has 7 heteroatoms. The molecular formula is C18H28BrN3O3. The first kappa shape index (κ1) is 20.0. The summed E-state index contributed by atoms with van der Waals surface area (Å²) < 4.78 is 11.8. The van der Waals surface area contributed by atoms with Gasteiger partial charge in [0.1, 0.15) is 10.2 Å². The number of carbonyl (C=O) groups is 1. The van der Waals surface area contributed by atoms with Crippen molar-refractivity contribution in [2.45, 2.75) is 46.3 Å². The third kappa shape index (κ3) is 6.15. The molecule has 0 aromatic carbocycles. The number of carbonyl (C=O) groups excluding carboxylic acids is 1. The quantitative estimate of drug-likeness (QED) is 0.686. The molecule has 2 heterocycles. The average molecular weight is 414 g/mol. The molecule has 0 spiro atoms. The minimum atomic E-state index is -0.513. The van der Waals surface area contributed by atoms with Gasteiger partial charge < -0.3 is 19.3 Å². The van der Waals surface area contributed by atoms with Gasteiger partial charge in [0.2, 0.25) is 0 Å². The van der Waals surface area contributed by atoms with Gasteiger partial charge in [0, 0.05) is 19.6 Å². The Balaban J connectivity index is 2.22. The molecule has 0 bridgehead atoms. The van der Waals surface area contributed by atoms with Gasteiger partial charge in [-0.2, -0.15) is 0 Å². The Labute approximate surface area is 158 Å². The van der Waals surface area contributed by atoms with Crippen LogP contribution in [0.4, 0.5) is 10.5 Å². The van der Waals surface area contributed by atoms with Crippen LogP contribution in [0.2, 0.25) is 0 Å². The highest BCUT2D eigenvalue weighted by atomic mass is 79.9. The van der Waals surface area contributed by atoms with Gasteiger partial charge in [-0.15, -0.1) is 0 Å². The zero-order valence-corrected chi connectivity index (χ0v) is 17.1. The van der Waals surface area contributed by atoms with Crippen molar-refractivity contribution >= 4 is 27.7 Å². The van der Waals surface area contributed by atoms with E-state index in [9.17, 15) is 4.79 Å². The monoisotopic (exact) mass is 413 g/mol. The molecule has 1 aliphatic heterocycles. The largest absolute Gasteiger partial charge is 0.444 e. The summed E-state index contributed by atoms with van der Waals surface area (Å²) in [7, 11) is 0. The molecule has 0 aliphatic carbocycles. The van der Waals surface area contributed by atoms with Crippen molar-refractivity contribution in [3.05, 3.63) is 22.4 Å². The van der Waals surface area contributed by atoms with Crippen molar-refractivity contribution in [1.82, 2.24) is 9.88 Å². The minimum Gasteiger partial charge on any atom is -0.444 e. The molecule has 1 fully saturated rings. The first-order chi connectivity index (χ1) is 11.8. The summed E-state index contributed by atoms with van der Waals surface area (Å²) >= 11 is 3.45. The number of aromatic nitrogens is 1. The predicted molar refractivity (Wildman–Crippen MR) is 102 cm³/mol. The molecule has 0 unspecified atom stereocenters. The predicted octanol–water partition coefficient (Wildman–Crippen LogP) is 3.83. The maximum atomic E-state index is 12.6. The van der Waals surface area contributed by atoms with Crippen LogP contribution in [-0.2, 0) is 16.0 Å². The van der Waals surface area contributed by atoms with Gasteiger partial charge in [-0.1, -0.05) is 6.92 Å². The molecule has 1 aromatic heterocycles. The van der Waals surface area contributed by atoms with Crippen LogP contribution in [0.1, 0.15) is 39.8 Å². The molecule has 1 saturated heterocycles. The summed E-state index contributed by atoms with van der Waals surface area (Å²) in [6.07, 6.45) is 0.559. The molecule has 1 aliphatic rings. The van der Waals surface area contributed by atoms with Gasteiger partial charge in [-0.3, -0.25) is 0 Å². The van der Waals surface area contributed by atoms with E-state index in [-0.39, 0.29) is 6.09 Å². The fourth-order valence-electron chi connectivity index (χ4n) is 2.69. The van der Waals surface area contributed by atoms with Crippen LogP contribution in [0.15, 0.2) is 16.7 Å². The number of rotatable bonds is 5. The topological polar surface area (TPSA) is 54.9 Å². The lowest BCUT2D eigenvalue weighted by atomic mass is 10.2. The van der Waals surface area contributed by atoms with Crippen molar-refractivity contribution in [2.75, 3.05) is 37.7 Å². The molecule has 1 aromatic rings. The smallest absolute Gasteiger partial charge is 0.410 e. The summed E-state index contributed by atoms with van der Waals surface area (Å²) in [6, 6.07) is 3.99. The number of ether oxygens (including phenoxy) is 2. The fourth-order valence-corrected chi connectivity index (χ4v) is 3.03. The SMILES string of the molecule is CCCN(Cc1nc(Br)ccc1N1CCOCC1)C(=O)OC(C)(C)C. The van der Waals surface area contributed by atoms with Crippen LogP contribution in [0, 0.1) is 0 Å². The zero-order valence-electron chi connectivity index (χ0n) is 15.5. The first-order valence-corrected chi connectivity index (χ1v) is 9.55. The molecular weight excluding hydrogens is 386 g/mol. The average Bonchev–Trinajstić information content (AvgIpc) is 2.54. The van der Waals surface area contributed by atoms with E-state index < -0.39 is 5.60 Å². The summed E-state index contributed by atoms with van der Waals surface area (Å²) in [5, 5.41) is 0. The number of anilines is 1. The normalized spacial score (nSPS) is 15.2. The Morgan fingerprint density at radius 3 is 2.64 bits per heavy atom. The van der Waals surface area contributed by atoms with Crippen LogP contribution in [0.3, 0.4) is 0 Å². The number of amides is 1. The number of halogens is 1. The van der Waals surface area contributed by atoms with E-state index in [2.05, 4.69) is 38.8 Å². The number of morpholine rings is 1. The lowest BCUT2D eigenvalue weighted by molar-refractivity contribution is 0.0231. The maximum Gasteiger partial charge on any atom is 0.410 e. The molecule has 0 saturated carbocycles. The summed E-state index contributed by atoms with van der Waals surface area (Å²) in [5.74, 6) is 0. The van der Waals surface area contributed by atoms with Crippen molar-refractivity contribution < 1.29 is 14.3 Å². The molecule has 25 heavy (non-hydrogen) atoms. The van der Waals surface area contributed by atoms with Gasteiger partial charge >= 0.3 is 6.09 Å². The van der Waals surface area contributed by atoms with Crippen molar-refractivity contribution in [1.29, 1.82) is 0 Å². The van der Waals surface area contributed by atoms with Gasteiger partial charge in [0.25, 0.3) is 0 Å². The number of nitrogens with zero attached hydrogens (tertiary/aromatic N) is 3. The summed E-state index contributed by atoms with van der Waals surface area (Å²) in [5.41, 5.74) is 1.41. The Kier molecular flexibility index (Phi) is 7.07. The number of hydrogen-bond acceptors (Lipinski definition) is 5. The van der Waals surface area contributed by atoms with Gasteiger partial charge in [-0.25, -0.2) is 9.78 Å². The molecule has 0 radical (unpaired) electrons. The molecule has 2 rings (SSSR count). The van der Waals surface area contributed by atoms with Crippen molar-refractivity contribution in [3.8, 4) is 0 Å². The third-order valence-corrected chi connectivity index (χ3v) is 4.20. The second-order valence-electron chi connectivity index (χ2n) is 7.10. The number of hydrogen-bond donors (Lipinski definition) is 0. The maximum absolute atomic E-state index is 12.6. The molecule has 0 N–H and O–H groups in total. The fraction of sp³-hybridized carbons (Fsp3) is 0.667. The van der Waals surface area contributed by atoms with Crippen molar-refractivity contribution in [3.63, 3.8) is 0 Å². The van der Waals surface area contributed by atoms with E-state index in [1.807, 2.05) is 26.8 Å². The first-order valence-electron chi connectivity index (χ1n) is 8.76. The van der Waals surface area contributed by atoms with E-state index in [4.69, 9.17) is 9.47 Å². The Morgan fingerprint density at radius 2 is 2.04 bits per heavy atom. The van der Waals surface area contributed by atoms with Crippen molar-refractivity contribution in [2.24, 2.45) is 0 Å². The van der Waals surface area contributed by atoms with Gasteiger partial charge in [0.05, 0.1) is 31.1 Å². The lowest BCUT2D eigenvalue weighted by Gasteiger charge is -2.32. The van der Waals surface area contributed by atoms with E-state index in [1.54, 1.807) is 4.90 Å². The number of pyridine rings is 1. The third-order valence-electron chi connectivity index (χ3n) is 3.75. The van der Waals surface area contributed by atoms with Gasteiger partial charge in [0.15, 0.2) is 0 Å². The van der Waals surface area contributed by atoms with Crippen LogP contribution < -0.4 is 4.90 Å². The van der Waals surface area contributed by atoms with Crippen LogP contribution >= 0.6 is 15.9 Å². The summed E-state index contributed by atoms with van der Waals surface area (Å²) in [6.45, 7) is 11.8. The van der Waals surface area contributed by atoms with E-state index >= 15 is 0 Å². The Hall–Kier alpha value is -1.34. The standard InChI is InChI=1S/C18H28BrN3O3/c1-5-8-22(17(23)25-18(2,3)4)13-14-15(6-7-16(19)20-14)21-9-11-24-12-10-21/h6-7H,5,8-13H2,1-4H3. The zero-order chi connectivity index (χ0) is 18.4. The highest BCUT2D eigenvalue weighted by molar-refractivity contribution is 9.10. The Morgan fingerprint density at radius 1 is 1.36 bits per heavy atom. The molecule has 1 amide bonds. The minimum absolute atomic E-state index is 0.302. The summed E-state index contributed by atoms with van der Waals surface area (Å²) in [4.78, 5) is 21.2. The van der Waals surface area contributed by atoms with E-state index in [0.717, 1.165) is 35.5 Å².